The Morgan fingerprint density at radius 3 is 2.15 bits per heavy atom. The second kappa shape index (κ2) is 8.11. The molecule has 0 aliphatic carbocycles. The molecule has 4 nitrogen and oxygen atoms in total. The zero-order valence-corrected chi connectivity index (χ0v) is 16.3. The number of carbonyl (C=O) groups is 2. The van der Waals surface area contributed by atoms with E-state index in [1.807, 2.05) is 24.3 Å². The summed E-state index contributed by atoms with van der Waals surface area (Å²) < 4.78 is 0. The number of nitrogens with one attached hydrogen (secondary N) is 1. The summed E-state index contributed by atoms with van der Waals surface area (Å²) in [5, 5.41) is 14.4. The molecule has 2 aromatic carbocycles. The Hall–Kier alpha value is -2.04. The molecule has 6 heteroatoms. The van der Waals surface area contributed by atoms with Crippen LogP contribution in [-0.4, -0.2) is 11.9 Å². The molecule has 0 aliphatic rings. The third-order valence-corrected chi connectivity index (χ3v) is 4.78. The molecule has 0 saturated carbocycles. The molecule has 0 aliphatic heterocycles. The summed E-state index contributed by atoms with van der Waals surface area (Å²) in [4.78, 5) is 23.6. The van der Waals surface area contributed by atoms with E-state index in [4.69, 9.17) is 23.2 Å². The van der Waals surface area contributed by atoms with E-state index in [0.29, 0.717) is 16.1 Å². The molecule has 0 bridgehead atoms. The van der Waals surface area contributed by atoms with E-state index in [-0.39, 0.29) is 16.9 Å². The first-order valence-electron chi connectivity index (χ1n) is 8.14. The molecule has 1 amide bonds. The first-order chi connectivity index (χ1) is 12.1. The van der Waals surface area contributed by atoms with E-state index in [1.54, 1.807) is 0 Å². The Kier molecular flexibility index (Phi) is 6.32. The summed E-state index contributed by atoms with van der Waals surface area (Å²) in [7, 11) is 0. The highest BCUT2D eigenvalue weighted by molar-refractivity contribution is 6.42. The molecule has 0 unspecified atom stereocenters. The minimum absolute atomic E-state index is 0.0221. The summed E-state index contributed by atoms with van der Waals surface area (Å²) in [5.41, 5.74) is 2.08. The summed E-state index contributed by atoms with van der Waals surface area (Å²) in [5.74, 6) is -1.68. The number of benzene rings is 2. The third-order valence-electron chi connectivity index (χ3n) is 4.04. The maximum absolute atomic E-state index is 12.5. The van der Waals surface area contributed by atoms with Gasteiger partial charge in [-0.25, -0.2) is 0 Å². The van der Waals surface area contributed by atoms with Crippen LogP contribution in [0.4, 0.5) is 0 Å². The first kappa shape index (κ1) is 20.3. The van der Waals surface area contributed by atoms with Crippen molar-refractivity contribution in [3.8, 4) is 0 Å². The van der Waals surface area contributed by atoms with Crippen LogP contribution < -0.4 is 10.4 Å². The molecule has 26 heavy (non-hydrogen) atoms. The van der Waals surface area contributed by atoms with E-state index in [0.717, 1.165) is 5.56 Å². The molecule has 2 aromatic rings. The molecule has 0 fully saturated rings. The van der Waals surface area contributed by atoms with Gasteiger partial charge in [-0.3, -0.25) is 4.79 Å². The standard InChI is InChI=1S/C20H21Cl2NO3/c1-20(2,3)14-7-4-12(5-8-14)17(11-18(24)25)23-19(26)13-6-9-15(21)16(22)10-13/h4-10,17H,11H2,1-3H3,(H,23,26)(H,24,25)/p-1/t17-/m0/s1. The van der Waals surface area contributed by atoms with Crippen molar-refractivity contribution in [1.29, 1.82) is 0 Å². The molecule has 0 heterocycles. The normalized spacial score (nSPS) is 12.5. The molecule has 138 valence electrons. The Balaban J connectivity index is 2.25. The second-order valence-electron chi connectivity index (χ2n) is 7.10. The van der Waals surface area contributed by atoms with Gasteiger partial charge in [-0.05, 0) is 34.7 Å². The van der Waals surface area contributed by atoms with Crippen molar-refractivity contribution in [2.45, 2.75) is 38.6 Å². The number of aliphatic carboxylic acids is 1. The highest BCUT2D eigenvalue weighted by Crippen LogP contribution is 2.26. The van der Waals surface area contributed by atoms with E-state index >= 15 is 0 Å². The van der Waals surface area contributed by atoms with Gasteiger partial charge in [0.25, 0.3) is 5.91 Å². The van der Waals surface area contributed by atoms with Crippen LogP contribution in [0.5, 0.6) is 0 Å². The average molecular weight is 393 g/mol. The summed E-state index contributed by atoms with van der Waals surface area (Å²) in [6.07, 6.45) is -0.331. The van der Waals surface area contributed by atoms with Crippen LogP contribution in [0.15, 0.2) is 42.5 Å². The predicted octanol–water partition coefficient (Wildman–Crippen LogP) is 3.90. The number of carbonyl (C=O) groups excluding carboxylic acids is 2. The van der Waals surface area contributed by atoms with Crippen LogP contribution >= 0.6 is 23.2 Å². The fourth-order valence-corrected chi connectivity index (χ4v) is 2.81. The van der Waals surface area contributed by atoms with Gasteiger partial charge in [-0.1, -0.05) is 68.2 Å². The first-order valence-corrected chi connectivity index (χ1v) is 8.89. The molecular weight excluding hydrogens is 373 g/mol. The van der Waals surface area contributed by atoms with Crippen molar-refractivity contribution in [2.75, 3.05) is 0 Å². The lowest BCUT2D eigenvalue weighted by Gasteiger charge is -2.23. The summed E-state index contributed by atoms with van der Waals surface area (Å²) >= 11 is 11.8. The van der Waals surface area contributed by atoms with Crippen LogP contribution in [0, 0.1) is 0 Å². The highest BCUT2D eigenvalue weighted by atomic mass is 35.5. The van der Waals surface area contributed by atoms with Gasteiger partial charge in [0, 0.05) is 18.0 Å². The number of hydrogen-bond acceptors (Lipinski definition) is 3. The average Bonchev–Trinajstić information content (AvgIpc) is 2.55. The van der Waals surface area contributed by atoms with Crippen molar-refractivity contribution in [1.82, 2.24) is 5.32 Å². The van der Waals surface area contributed by atoms with Crippen LogP contribution in [0.25, 0.3) is 0 Å². The Morgan fingerprint density at radius 2 is 1.65 bits per heavy atom. The lowest BCUT2D eigenvalue weighted by atomic mass is 9.86. The zero-order valence-electron chi connectivity index (χ0n) is 14.8. The molecule has 0 saturated heterocycles. The monoisotopic (exact) mass is 392 g/mol. The Labute approximate surface area is 163 Å². The van der Waals surface area contributed by atoms with Gasteiger partial charge in [0.2, 0.25) is 0 Å². The van der Waals surface area contributed by atoms with E-state index in [1.165, 1.54) is 18.2 Å². The molecule has 2 rings (SSSR count). The minimum atomic E-state index is -1.25. The van der Waals surface area contributed by atoms with Gasteiger partial charge in [0.1, 0.15) is 0 Å². The van der Waals surface area contributed by atoms with Crippen molar-refractivity contribution >= 4 is 35.1 Å². The largest absolute Gasteiger partial charge is 0.550 e. The Bertz CT molecular complexity index is 811. The fourth-order valence-electron chi connectivity index (χ4n) is 2.51. The SMILES string of the molecule is CC(C)(C)c1ccc([C@H](CC(=O)[O-])NC(=O)c2ccc(Cl)c(Cl)c2)cc1. The zero-order chi connectivity index (χ0) is 19.5. The number of amides is 1. The van der Waals surface area contributed by atoms with Crippen molar-refractivity contribution in [3.05, 3.63) is 69.2 Å². The molecular formula is C20H20Cl2NO3-. The number of hydrogen-bond donors (Lipinski definition) is 1. The number of carboxylic acid groups (broad SMARTS) is 1. The van der Waals surface area contributed by atoms with Crippen molar-refractivity contribution < 1.29 is 14.7 Å². The maximum atomic E-state index is 12.5. The number of carboxylic acids is 1. The molecule has 0 spiro atoms. The molecule has 0 radical (unpaired) electrons. The Morgan fingerprint density at radius 1 is 1.04 bits per heavy atom. The summed E-state index contributed by atoms with van der Waals surface area (Å²) in [6.45, 7) is 6.27. The van der Waals surface area contributed by atoms with Crippen LogP contribution in [0.1, 0.15) is 54.7 Å². The van der Waals surface area contributed by atoms with Crippen molar-refractivity contribution in [2.24, 2.45) is 0 Å². The van der Waals surface area contributed by atoms with Gasteiger partial charge in [0.15, 0.2) is 0 Å². The number of rotatable bonds is 5. The van der Waals surface area contributed by atoms with E-state index in [9.17, 15) is 14.7 Å². The molecule has 1 N–H and O–H groups in total. The second-order valence-corrected chi connectivity index (χ2v) is 7.92. The van der Waals surface area contributed by atoms with Gasteiger partial charge in [0.05, 0.1) is 16.1 Å². The van der Waals surface area contributed by atoms with Crippen LogP contribution in [0.2, 0.25) is 10.0 Å². The lowest BCUT2D eigenvalue weighted by Crippen LogP contribution is -2.34. The lowest BCUT2D eigenvalue weighted by molar-refractivity contribution is -0.306. The molecule has 1 atom stereocenters. The van der Waals surface area contributed by atoms with Gasteiger partial charge in [-0.2, -0.15) is 0 Å². The fraction of sp³-hybridized carbons (Fsp3) is 0.300. The maximum Gasteiger partial charge on any atom is 0.251 e. The highest BCUT2D eigenvalue weighted by Gasteiger charge is 2.19. The quantitative estimate of drug-likeness (QED) is 0.838. The van der Waals surface area contributed by atoms with Gasteiger partial charge in [-0.15, -0.1) is 0 Å². The topological polar surface area (TPSA) is 69.2 Å². The van der Waals surface area contributed by atoms with Gasteiger partial charge < -0.3 is 15.2 Å². The summed E-state index contributed by atoms with van der Waals surface area (Å²) in [6, 6.07) is 11.3. The number of halogens is 2. The third kappa shape index (κ3) is 5.23. The van der Waals surface area contributed by atoms with Crippen molar-refractivity contribution in [3.63, 3.8) is 0 Å². The van der Waals surface area contributed by atoms with Crippen LogP contribution in [-0.2, 0) is 10.2 Å². The van der Waals surface area contributed by atoms with E-state index < -0.39 is 17.9 Å². The van der Waals surface area contributed by atoms with Crippen LogP contribution in [0.3, 0.4) is 0 Å². The predicted molar refractivity (Wildman–Crippen MR) is 101 cm³/mol. The minimum Gasteiger partial charge on any atom is -0.550 e. The van der Waals surface area contributed by atoms with Gasteiger partial charge >= 0.3 is 0 Å². The van der Waals surface area contributed by atoms with E-state index in [2.05, 4.69) is 26.1 Å². The molecule has 0 aromatic heterocycles. The smallest absolute Gasteiger partial charge is 0.251 e.